The average Bonchev–Trinajstić information content (AvgIpc) is 3.31. The molecule has 7 nitrogen and oxygen atoms in total. The molecule has 37 heavy (non-hydrogen) atoms. The van der Waals surface area contributed by atoms with Crippen LogP contribution in [0.25, 0.3) is 11.1 Å². The molecular formula is C28H28Cl2N4O3. The van der Waals surface area contributed by atoms with Gasteiger partial charge in [-0.3, -0.25) is 9.79 Å². The number of carbonyl (C=O) groups is 1. The molecule has 0 bridgehead atoms. The zero-order chi connectivity index (χ0) is 26.1. The first-order chi connectivity index (χ1) is 17.9. The first-order valence-corrected chi connectivity index (χ1v) is 12.8. The minimum Gasteiger partial charge on any atom is -0.495 e. The molecule has 2 heterocycles. The van der Waals surface area contributed by atoms with Crippen molar-refractivity contribution < 1.29 is 14.3 Å². The predicted octanol–water partition coefficient (Wildman–Crippen LogP) is 5.12. The number of rotatable bonds is 5. The second-order valence-electron chi connectivity index (χ2n) is 9.12. The highest BCUT2D eigenvalue weighted by molar-refractivity contribution is 6.41. The molecule has 1 fully saturated rings. The Kier molecular flexibility index (Phi) is 7.29. The first-order valence-electron chi connectivity index (χ1n) is 12.0. The number of likely N-dealkylation sites (N-methyl/N-ethyl adjacent to an activating group) is 1. The van der Waals surface area contributed by atoms with Crippen molar-refractivity contribution in [1.82, 2.24) is 10.2 Å². The fourth-order valence-corrected chi connectivity index (χ4v) is 5.41. The normalized spacial score (nSPS) is 15.3. The van der Waals surface area contributed by atoms with Crippen LogP contribution in [0.5, 0.6) is 11.5 Å². The van der Waals surface area contributed by atoms with E-state index in [0.717, 1.165) is 48.6 Å². The number of amidine groups is 1. The van der Waals surface area contributed by atoms with E-state index >= 15 is 0 Å². The number of nitrogens with one attached hydrogen (secondary N) is 1. The van der Waals surface area contributed by atoms with E-state index in [1.165, 1.54) is 0 Å². The SMILES string of the molecule is COc1cc(OC)c(Cl)c(-c2ccc3c(c2)CN=C3NC(=O)c2cccc(N3CCN(C)CC3)c2)c1Cl. The topological polar surface area (TPSA) is 66.4 Å². The predicted molar refractivity (Wildman–Crippen MR) is 149 cm³/mol. The number of fused-ring (bicyclic) bond motifs is 1. The molecule has 2 aliphatic heterocycles. The molecular weight excluding hydrogens is 511 g/mol. The molecule has 192 valence electrons. The van der Waals surface area contributed by atoms with Crippen LogP contribution in [0.4, 0.5) is 5.69 Å². The van der Waals surface area contributed by atoms with Gasteiger partial charge in [0.05, 0.1) is 30.8 Å². The van der Waals surface area contributed by atoms with Crippen molar-refractivity contribution in [3.05, 3.63) is 75.3 Å². The molecule has 0 unspecified atom stereocenters. The monoisotopic (exact) mass is 538 g/mol. The number of ether oxygens (including phenoxy) is 2. The van der Waals surface area contributed by atoms with E-state index in [1.807, 2.05) is 36.4 Å². The number of halogens is 2. The Labute approximate surface area is 226 Å². The lowest BCUT2D eigenvalue weighted by Crippen LogP contribution is -2.44. The van der Waals surface area contributed by atoms with Crippen molar-refractivity contribution in [2.45, 2.75) is 6.54 Å². The molecule has 1 N–H and O–H groups in total. The summed E-state index contributed by atoms with van der Waals surface area (Å²) in [4.78, 5) is 22.3. The quantitative estimate of drug-likeness (QED) is 0.488. The summed E-state index contributed by atoms with van der Waals surface area (Å²) in [5.41, 5.74) is 4.93. The van der Waals surface area contributed by atoms with Gasteiger partial charge >= 0.3 is 0 Å². The molecule has 3 aromatic carbocycles. The van der Waals surface area contributed by atoms with Gasteiger partial charge in [0.25, 0.3) is 5.91 Å². The van der Waals surface area contributed by atoms with Crippen LogP contribution in [0.3, 0.4) is 0 Å². The molecule has 2 aliphatic rings. The fraction of sp³-hybridized carbons (Fsp3) is 0.286. The molecule has 0 aliphatic carbocycles. The minimum absolute atomic E-state index is 0.185. The van der Waals surface area contributed by atoms with Crippen LogP contribution in [0.2, 0.25) is 10.0 Å². The molecule has 0 aromatic heterocycles. The lowest BCUT2D eigenvalue weighted by molar-refractivity contribution is 0.0977. The van der Waals surface area contributed by atoms with Crippen molar-refractivity contribution in [3.8, 4) is 22.6 Å². The summed E-state index contributed by atoms with van der Waals surface area (Å²) < 4.78 is 10.8. The highest BCUT2D eigenvalue weighted by Gasteiger charge is 2.23. The van der Waals surface area contributed by atoms with Crippen molar-refractivity contribution in [2.75, 3.05) is 52.3 Å². The van der Waals surface area contributed by atoms with Gasteiger partial charge < -0.3 is 24.6 Å². The number of methoxy groups -OCH3 is 2. The summed E-state index contributed by atoms with van der Waals surface area (Å²) in [5.74, 6) is 1.31. The zero-order valence-electron chi connectivity index (χ0n) is 21.0. The highest BCUT2D eigenvalue weighted by Crippen LogP contribution is 2.46. The Hall–Kier alpha value is -3.26. The number of amides is 1. The standard InChI is InChI=1S/C28H28Cl2N4O3/c1-33-9-11-34(12-10-33)20-6-4-5-18(14-20)28(35)32-27-21-8-7-17(13-19(21)16-31-27)24-25(29)22(36-2)15-23(37-3)26(24)30/h4-8,13-15H,9-12,16H2,1-3H3,(H,31,32,35). The second kappa shape index (κ2) is 10.6. The van der Waals surface area contributed by atoms with Gasteiger partial charge in [-0.25, -0.2) is 0 Å². The van der Waals surface area contributed by atoms with Crippen molar-refractivity contribution in [2.24, 2.45) is 4.99 Å². The highest BCUT2D eigenvalue weighted by atomic mass is 35.5. The van der Waals surface area contributed by atoms with Crippen LogP contribution in [0.1, 0.15) is 21.5 Å². The summed E-state index contributed by atoms with van der Waals surface area (Å²) in [6.07, 6.45) is 0. The van der Waals surface area contributed by atoms with E-state index in [1.54, 1.807) is 20.3 Å². The van der Waals surface area contributed by atoms with Gasteiger partial charge in [0.15, 0.2) is 0 Å². The van der Waals surface area contributed by atoms with Gasteiger partial charge in [-0.2, -0.15) is 0 Å². The van der Waals surface area contributed by atoms with Gasteiger partial charge in [-0.15, -0.1) is 0 Å². The molecule has 3 aromatic rings. The molecule has 9 heteroatoms. The summed E-state index contributed by atoms with van der Waals surface area (Å²) >= 11 is 13.2. The number of benzene rings is 3. The van der Waals surface area contributed by atoms with Crippen LogP contribution >= 0.6 is 23.2 Å². The maximum atomic E-state index is 13.1. The number of hydrogen-bond donors (Lipinski definition) is 1. The number of anilines is 1. The van der Waals surface area contributed by atoms with Crippen LogP contribution in [0, 0.1) is 0 Å². The number of aliphatic imine (C=N–C) groups is 1. The van der Waals surface area contributed by atoms with E-state index in [4.69, 9.17) is 32.7 Å². The molecule has 5 rings (SSSR count). The molecule has 0 atom stereocenters. The number of carbonyl (C=O) groups excluding carboxylic acids is 1. The average molecular weight is 539 g/mol. The third kappa shape index (κ3) is 4.99. The maximum Gasteiger partial charge on any atom is 0.256 e. The Morgan fingerprint density at radius 1 is 0.946 bits per heavy atom. The second-order valence-corrected chi connectivity index (χ2v) is 9.87. The molecule has 0 saturated carbocycles. The van der Waals surface area contributed by atoms with Crippen molar-refractivity contribution in [3.63, 3.8) is 0 Å². The van der Waals surface area contributed by atoms with Gasteiger partial charge in [0.2, 0.25) is 0 Å². The third-order valence-corrected chi connectivity index (χ3v) is 7.59. The summed E-state index contributed by atoms with van der Waals surface area (Å²) in [6.45, 7) is 4.33. The largest absolute Gasteiger partial charge is 0.495 e. The lowest BCUT2D eigenvalue weighted by atomic mass is 9.99. The first kappa shape index (κ1) is 25.4. The number of piperazine rings is 1. The summed E-state index contributed by atoms with van der Waals surface area (Å²) in [7, 11) is 5.22. The van der Waals surface area contributed by atoms with E-state index in [2.05, 4.69) is 33.2 Å². The Bertz CT molecular complexity index is 1360. The fourth-order valence-electron chi connectivity index (χ4n) is 4.69. The van der Waals surface area contributed by atoms with Crippen LogP contribution < -0.4 is 19.7 Å². The van der Waals surface area contributed by atoms with Gasteiger partial charge in [-0.05, 0) is 42.4 Å². The Morgan fingerprint density at radius 3 is 2.32 bits per heavy atom. The lowest BCUT2D eigenvalue weighted by Gasteiger charge is -2.34. The minimum atomic E-state index is -0.185. The maximum absolute atomic E-state index is 13.1. The number of hydrogen-bond acceptors (Lipinski definition) is 6. The Balaban J connectivity index is 1.36. The van der Waals surface area contributed by atoms with Gasteiger partial charge in [0.1, 0.15) is 17.3 Å². The molecule has 0 spiro atoms. The van der Waals surface area contributed by atoms with Crippen molar-refractivity contribution in [1.29, 1.82) is 0 Å². The van der Waals surface area contributed by atoms with E-state index in [-0.39, 0.29) is 5.91 Å². The van der Waals surface area contributed by atoms with Crippen LogP contribution in [-0.4, -0.2) is 64.1 Å². The zero-order valence-corrected chi connectivity index (χ0v) is 22.5. The van der Waals surface area contributed by atoms with E-state index in [9.17, 15) is 4.79 Å². The third-order valence-electron chi connectivity index (χ3n) is 6.84. The van der Waals surface area contributed by atoms with Crippen molar-refractivity contribution >= 4 is 40.6 Å². The van der Waals surface area contributed by atoms with Crippen LogP contribution in [-0.2, 0) is 6.54 Å². The van der Waals surface area contributed by atoms with Crippen LogP contribution in [0.15, 0.2) is 53.5 Å². The van der Waals surface area contributed by atoms with Gasteiger partial charge in [-0.1, -0.05) is 41.4 Å². The van der Waals surface area contributed by atoms with Gasteiger partial charge in [0, 0.05) is 54.6 Å². The smallest absolute Gasteiger partial charge is 0.256 e. The Morgan fingerprint density at radius 2 is 1.65 bits per heavy atom. The molecule has 0 radical (unpaired) electrons. The van der Waals surface area contributed by atoms with E-state index < -0.39 is 0 Å². The molecule has 1 saturated heterocycles. The summed E-state index contributed by atoms with van der Waals surface area (Å²) in [6, 6.07) is 15.2. The summed E-state index contributed by atoms with van der Waals surface area (Å²) in [5, 5.41) is 3.81. The van der Waals surface area contributed by atoms with E-state index in [0.29, 0.717) is 45.1 Å². The molecule has 1 amide bonds. The number of nitrogens with zero attached hydrogens (tertiary/aromatic N) is 3.